The normalized spacial score (nSPS) is 15.1. The quantitative estimate of drug-likeness (QED) is 0.604. The lowest BCUT2D eigenvalue weighted by Gasteiger charge is -2.21. The number of fused-ring (bicyclic) bond motifs is 1. The number of hydrogen-bond acceptors (Lipinski definition) is 4. The largest absolute Gasteiger partial charge is 0.438 e. The fourth-order valence-corrected chi connectivity index (χ4v) is 4.93. The second-order valence-electron chi connectivity index (χ2n) is 6.54. The van der Waals surface area contributed by atoms with Gasteiger partial charge in [-0.05, 0) is 36.2 Å². The van der Waals surface area contributed by atoms with Crippen LogP contribution in [0.2, 0.25) is 0 Å². The van der Waals surface area contributed by atoms with E-state index in [2.05, 4.69) is 0 Å². The van der Waals surface area contributed by atoms with Crippen molar-refractivity contribution in [2.24, 2.45) is 0 Å². The molecule has 3 aromatic carbocycles. The molecule has 0 spiro atoms. The summed E-state index contributed by atoms with van der Waals surface area (Å²) in [5.41, 5.74) is 1.95. The van der Waals surface area contributed by atoms with Gasteiger partial charge in [0, 0.05) is 0 Å². The number of benzene rings is 3. The highest BCUT2D eigenvalue weighted by Crippen LogP contribution is 2.42. The number of anilines is 1. The molecule has 4 nitrogen and oxygen atoms in total. The number of ether oxygens (including phenoxy) is 1. The smallest absolute Gasteiger partial charge is 0.216 e. The van der Waals surface area contributed by atoms with E-state index in [0.717, 1.165) is 11.3 Å². The van der Waals surface area contributed by atoms with Crippen molar-refractivity contribution >= 4 is 15.5 Å². The number of para-hydroxylation sites is 2. The van der Waals surface area contributed by atoms with E-state index in [4.69, 9.17) is 4.74 Å². The van der Waals surface area contributed by atoms with Crippen LogP contribution >= 0.6 is 0 Å². The maximum Gasteiger partial charge on any atom is 0.216 e. The molecule has 1 aliphatic heterocycles. The predicted molar refractivity (Wildman–Crippen MR) is 111 cm³/mol. The van der Waals surface area contributed by atoms with Crippen molar-refractivity contribution in [3.8, 4) is 5.75 Å². The van der Waals surface area contributed by atoms with Gasteiger partial charge >= 0.3 is 0 Å². The maximum atomic E-state index is 13.3. The Morgan fingerprint density at radius 3 is 2.14 bits per heavy atom. The van der Waals surface area contributed by atoms with Gasteiger partial charge in [-0.2, -0.15) is 0 Å². The first kappa shape index (κ1) is 18.3. The van der Waals surface area contributed by atoms with Crippen LogP contribution in [0.1, 0.15) is 18.9 Å². The van der Waals surface area contributed by atoms with E-state index in [0.29, 0.717) is 24.6 Å². The molecule has 0 amide bonds. The average Bonchev–Trinajstić information content (AvgIpc) is 3.08. The topological polar surface area (TPSA) is 46.6 Å². The summed E-state index contributed by atoms with van der Waals surface area (Å²) in [5.74, 6) is 1.05. The van der Waals surface area contributed by atoms with Crippen LogP contribution < -0.4 is 9.64 Å². The lowest BCUT2D eigenvalue weighted by molar-refractivity contribution is 0.431. The van der Waals surface area contributed by atoms with Gasteiger partial charge in [-0.15, -0.1) is 0 Å². The molecular formula is C23H21NO3S. The molecule has 28 heavy (non-hydrogen) atoms. The predicted octanol–water partition coefficient (Wildman–Crippen LogP) is 5.14. The molecule has 0 aliphatic carbocycles. The van der Waals surface area contributed by atoms with Gasteiger partial charge in [-0.25, -0.2) is 8.42 Å². The lowest BCUT2D eigenvalue weighted by Crippen LogP contribution is -2.24. The van der Waals surface area contributed by atoms with Gasteiger partial charge in [0.2, 0.25) is 15.7 Å². The Morgan fingerprint density at radius 2 is 1.46 bits per heavy atom. The summed E-state index contributed by atoms with van der Waals surface area (Å²) in [4.78, 5) is 2.51. The minimum absolute atomic E-state index is 0.276. The fourth-order valence-electron chi connectivity index (χ4n) is 3.36. The van der Waals surface area contributed by atoms with Crippen molar-refractivity contribution in [2.45, 2.75) is 24.8 Å². The molecule has 0 fully saturated rings. The molecule has 142 valence electrons. The molecule has 0 atom stereocenters. The summed E-state index contributed by atoms with van der Waals surface area (Å²) in [6, 6.07) is 26.1. The maximum absolute atomic E-state index is 13.3. The van der Waals surface area contributed by atoms with E-state index < -0.39 is 9.84 Å². The van der Waals surface area contributed by atoms with Crippen molar-refractivity contribution in [1.82, 2.24) is 0 Å². The number of hydrogen-bond donors (Lipinski definition) is 0. The second kappa shape index (κ2) is 7.52. The molecule has 0 unspecified atom stereocenters. The molecule has 0 saturated heterocycles. The number of rotatable bonds is 5. The number of nitrogens with zero attached hydrogens (tertiary/aromatic N) is 1. The van der Waals surface area contributed by atoms with Crippen LogP contribution in [-0.2, 0) is 16.4 Å². The van der Waals surface area contributed by atoms with E-state index in [-0.39, 0.29) is 9.80 Å². The van der Waals surface area contributed by atoms with Crippen LogP contribution in [0, 0.1) is 0 Å². The van der Waals surface area contributed by atoms with Gasteiger partial charge in [0.1, 0.15) is 4.91 Å². The van der Waals surface area contributed by atoms with Crippen LogP contribution in [0.5, 0.6) is 5.75 Å². The number of allylic oxidation sites excluding steroid dienone is 1. The van der Waals surface area contributed by atoms with Gasteiger partial charge in [-0.1, -0.05) is 67.6 Å². The molecule has 1 aliphatic rings. The lowest BCUT2D eigenvalue weighted by atomic mass is 10.2. The van der Waals surface area contributed by atoms with Crippen LogP contribution in [-0.4, -0.2) is 8.42 Å². The third-order valence-corrected chi connectivity index (χ3v) is 6.73. The van der Waals surface area contributed by atoms with E-state index in [1.165, 1.54) is 0 Å². The molecule has 5 heteroatoms. The molecule has 0 N–H and O–H groups in total. The van der Waals surface area contributed by atoms with Gasteiger partial charge in [0.15, 0.2) is 5.75 Å². The van der Waals surface area contributed by atoms with Gasteiger partial charge in [0.25, 0.3) is 0 Å². The van der Waals surface area contributed by atoms with Gasteiger partial charge in [0.05, 0.1) is 17.1 Å². The van der Waals surface area contributed by atoms with Gasteiger partial charge < -0.3 is 9.64 Å². The minimum atomic E-state index is -3.66. The number of sulfone groups is 1. The molecule has 3 aromatic rings. The minimum Gasteiger partial charge on any atom is -0.438 e. The Bertz CT molecular complexity index is 1110. The third-order valence-electron chi connectivity index (χ3n) is 4.73. The monoisotopic (exact) mass is 391 g/mol. The standard InChI is InChI=1S/C23H21NO3S/c1-2-22(28(25,26)19-13-7-4-8-14-19)23-24(17-18-11-5-3-6-12-18)20-15-9-10-16-21(20)27-23/h3-16H,2,17H2,1H3. The molecule has 1 heterocycles. The Balaban J connectivity index is 1.85. The van der Waals surface area contributed by atoms with E-state index in [1.54, 1.807) is 30.3 Å². The molecule has 0 radical (unpaired) electrons. The first-order chi connectivity index (χ1) is 13.6. The highest BCUT2D eigenvalue weighted by Gasteiger charge is 2.34. The van der Waals surface area contributed by atoms with Crippen LogP contribution in [0.3, 0.4) is 0 Å². The summed E-state index contributed by atoms with van der Waals surface area (Å²) in [6.07, 6.45) is 0.339. The average molecular weight is 391 g/mol. The van der Waals surface area contributed by atoms with Crippen molar-refractivity contribution in [1.29, 1.82) is 0 Å². The molecule has 0 saturated carbocycles. The molecule has 0 bridgehead atoms. The SMILES string of the molecule is CCC(=C1Oc2ccccc2N1Cc1ccccc1)S(=O)(=O)c1ccccc1. The Labute approximate surface area is 165 Å². The van der Waals surface area contributed by atoms with Crippen LogP contribution in [0.4, 0.5) is 5.69 Å². The Hall–Kier alpha value is -3.05. The zero-order chi connectivity index (χ0) is 19.6. The van der Waals surface area contributed by atoms with E-state index in [1.807, 2.05) is 66.4 Å². The highest BCUT2D eigenvalue weighted by molar-refractivity contribution is 7.95. The molecule has 0 aromatic heterocycles. The summed E-state index contributed by atoms with van der Waals surface area (Å²) in [7, 11) is -3.66. The van der Waals surface area contributed by atoms with Gasteiger partial charge in [-0.3, -0.25) is 0 Å². The second-order valence-corrected chi connectivity index (χ2v) is 8.51. The Kier molecular flexibility index (Phi) is 4.92. The third kappa shape index (κ3) is 3.29. The van der Waals surface area contributed by atoms with Crippen molar-refractivity contribution < 1.29 is 13.2 Å². The Morgan fingerprint density at radius 1 is 0.857 bits per heavy atom. The molecular weight excluding hydrogens is 370 g/mol. The zero-order valence-corrected chi connectivity index (χ0v) is 16.4. The summed E-state index contributed by atoms with van der Waals surface area (Å²) >= 11 is 0. The summed E-state index contributed by atoms with van der Waals surface area (Å²) in [6.45, 7) is 2.37. The highest BCUT2D eigenvalue weighted by atomic mass is 32.2. The fraction of sp³-hybridized carbons (Fsp3) is 0.130. The van der Waals surface area contributed by atoms with Crippen molar-refractivity contribution in [3.05, 3.63) is 101 Å². The van der Waals surface area contributed by atoms with Crippen LogP contribution in [0.15, 0.2) is 101 Å². The summed E-state index contributed by atoms with van der Waals surface area (Å²) in [5, 5.41) is 0. The zero-order valence-electron chi connectivity index (χ0n) is 15.6. The summed E-state index contributed by atoms with van der Waals surface area (Å²) < 4.78 is 32.7. The van der Waals surface area contributed by atoms with Crippen molar-refractivity contribution in [3.63, 3.8) is 0 Å². The van der Waals surface area contributed by atoms with E-state index >= 15 is 0 Å². The van der Waals surface area contributed by atoms with Crippen molar-refractivity contribution in [2.75, 3.05) is 4.90 Å². The van der Waals surface area contributed by atoms with Crippen LogP contribution in [0.25, 0.3) is 0 Å². The molecule has 4 rings (SSSR count). The first-order valence-electron chi connectivity index (χ1n) is 9.23. The van der Waals surface area contributed by atoms with E-state index in [9.17, 15) is 8.42 Å². The first-order valence-corrected chi connectivity index (χ1v) is 10.7.